The number of piperidine rings is 1. The molecule has 2 N–H and O–H groups in total. The Kier molecular flexibility index (Phi) is 4.69. The van der Waals surface area contributed by atoms with Gasteiger partial charge in [0.05, 0.1) is 12.6 Å². The minimum absolute atomic E-state index is 0.0280. The van der Waals surface area contributed by atoms with Crippen molar-refractivity contribution in [1.29, 1.82) is 0 Å². The number of carbonyl (C=O) groups is 1. The quantitative estimate of drug-likeness (QED) is 0.931. The Morgan fingerprint density at radius 3 is 2.71 bits per heavy atom. The van der Waals surface area contributed by atoms with Gasteiger partial charge in [-0.2, -0.15) is 0 Å². The highest BCUT2D eigenvalue weighted by molar-refractivity contribution is 5.78. The van der Waals surface area contributed by atoms with Gasteiger partial charge in [0.15, 0.2) is 0 Å². The highest BCUT2D eigenvalue weighted by atomic mass is 16.5. The second-order valence-electron chi connectivity index (χ2n) is 6.76. The van der Waals surface area contributed by atoms with Crippen LogP contribution in [0.2, 0.25) is 0 Å². The van der Waals surface area contributed by atoms with Gasteiger partial charge in [-0.1, -0.05) is 24.3 Å². The van der Waals surface area contributed by atoms with Crippen LogP contribution in [0.25, 0.3) is 0 Å². The number of ether oxygens (including phenoxy) is 1. The van der Waals surface area contributed by atoms with Gasteiger partial charge < -0.3 is 15.4 Å². The van der Waals surface area contributed by atoms with Gasteiger partial charge in [0.2, 0.25) is 5.91 Å². The molecular weight excluding hydrogens is 264 g/mol. The molecule has 0 saturated carbocycles. The van der Waals surface area contributed by atoms with Crippen molar-refractivity contribution in [3.05, 3.63) is 35.4 Å². The molecule has 1 amide bonds. The molecule has 1 heterocycles. The fourth-order valence-corrected chi connectivity index (χ4v) is 3.14. The molecular formula is C17H26N2O2. The Morgan fingerprint density at radius 1 is 1.38 bits per heavy atom. The number of benzene rings is 1. The lowest BCUT2D eigenvalue weighted by molar-refractivity contribution is -0.144. The summed E-state index contributed by atoms with van der Waals surface area (Å²) >= 11 is 0. The van der Waals surface area contributed by atoms with E-state index in [-0.39, 0.29) is 23.5 Å². The molecule has 4 heteroatoms. The smallest absolute Gasteiger partial charge is 0.223 e. The topological polar surface area (TPSA) is 55.6 Å². The molecule has 1 fully saturated rings. The second-order valence-corrected chi connectivity index (χ2v) is 6.76. The number of nitrogens with zero attached hydrogens (tertiary/aromatic N) is 1. The summed E-state index contributed by atoms with van der Waals surface area (Å²) in [5.41, 5.74) is 8.32. The zero-order chi connectivity index (χ0) is 15.6. The number of amides is 1. The number of likely N-dealkylation sites (tertiary alicyclic amines) is 1. The van der Waals surface area contributed by atoms with Crippen molar-refractivity contribution in [2.75, 3.05) is 7.11 Å². The minimum Gasteiger partial charge on any atom is -0.380 e. The average molecular weight is 290 g/mol. The first-order valence-electron chi connectivity index (χ1n) is 7.50. The van der Waals surface area contributed by atoms with E-state index in [0.717, 1.165) is 17.5 Å². The molecule has 0 aromatic heterocycles. The first kappa shape index (κ1) is 16.0. The van der Waals surface area contributed by atoms with Crippen LogP contribution >= 0.6 is 0 Å². The Balaban J connectivity index is 2.41. The van der Waals surface area contributed by atoms with Crippen LogP contribution in [0.4, 0.5) is 0 Å². The summed E-state index contributed by atoms with van der Waals surface area (Å²) in [6.07, 6.45) is 1.28. The van der Waals surface area contributed by atoms with E-state index in [4.69, 9.17) is 10.5 Å². The third kappa shape index (κ3) is 3.44. The molecule has 0 radical (unpaired) electrons. The van der Waals surface area contributed by atoms with Gasteiger partial charge in [-0.3, -0.25) is 4.79 Å². The van der Waals surface area contributed by atoms with E-state index in [0.29, 0.717) is 13.0 Å². The lowest BCUT2D eigenvalue weighted by Crippen LogP contribution is -2.56. The minimum atomic E-state index is -0.239. The van der Waals surface area contributed by atoms with Gasteiger partial charge in [-0.05, 0) is 38.3 Å². The van der Waals surface area contributed by atoms with E-state index < -0.39 is 0 Å². The highest BCUT2D eigenvalue weighted by Crippen LogP contribution is 2.36. The number of rotatable bonds is 3. The van der Waals surface area contributed by atoms with Crippen LogP contribution in [0.3, 0.4) is 0 Å². The molecule has 116 valence electrons. The molecule has 1 aromatic carbocycles. The van der Waals surface area contributed by atoms with Crippen molar-refractivity contribution in [1.82, 2.24) is 4.90 Å². The van der Waals surface area contributed by atoms with Crippen LogP contribution in [-0.2, 0) is 16.1 Å². The number of carbonyl (C=O) groups excluding carboxylic acids is 1. The van der Waals surface area contributed by atoms with Crippen LogP contribution < -0.4 is 5.73 Å². The fraction of sp³-hybridized carbons (Fsp3) is 0.588. The molecule has 21 heavy (non-hydrogen) atoms. The van der Waals surface area contributed by atoms with Crippen molar-refractivity contribution in [3.8, 4) is 0 Å². The van der Waals surface area contributed by atoms with E-state index in [9.17, 15) is 4.79 Å². The Morgan fingerprint density at radius 2 is 2.10 bits per heavy atom. The van der Waals surface area contributed by atoms with E-state index in [1.54, 1.807) is 7.11 Å². The van der Waals surface area contributed by atoms with Crippen LogP contribution in [0, 0.1) is 0 Å². The highest BCUT2D eigenvalue weighted by Gasteiger charge is 2.40. The molecule has 0 aliphatic carbocycles. The van der Waals surface area contributed by atoms with Crippen LogP contribution in [-0.4, -0.2) is 29.5 Å². The summed E-state index contributed by atoms with van der Waals surface area (Å²) in [5, 5.41) is 0. The molecule has 1 aromatic rings. The Hall–Kier alpha value is -1.39. The average Bonchev–Trinajstić information content (AvgIpc) is 2.40. The standard InChI is InChI=1S/C17H26N2O2/c1-17(2,3)19-15(20)9-8-14(18)16(19)13-7-5-6-12(10-13)11-21-4/h5-7,10,14,16H,8-9,11,18H2,1-4H3. The lowest BCUT2D eigenvalue weighted by Gasteiger charge is -2.47. The van der Waals surface area contributed by atoms with Gasteiger partial charge in [0.25, 0.3) is 0 Å². The number of methoxy groups -OCH3 is 1. The van der Waals surface area contributed by atoms with E-state index >= 15 is 0 Å². The van der Waals surface area contributed by atoms with Crippen LogP contribution in [0.1, 0.15) is 50.8 Å². The number of hydrogen-bond acceptors (Lipinski definition) is 3. The van der Waals surface area contributed by atoms with Crippen molar-refractivity contribution < 1.29 is 9.53 Å². The zero-order valence-corrected chi connectivity index (χ0v) is 13.4. The first-order chi connectivity index (χ1) is 9.84. The van der Waals surface area contributed by atoms with E-state index in [1.165, 1.54) is 0 Å². The normalized spacial score (nSPS) is 23.5. The summed E-state index contributed by atoms with van der Waals surface area (Å²) in [6, 6.07) is 8.11. The SMILES string of the molecule is COCc1cccc(C2C(N)CCC(=O)N2C(C)(C)C)c1. The van der Waals surface area contributed by atoms with E-state index in [2.05, 4.69) is 32.9 Å². The maximum atomic E-state index is 12.4. The third-order valence-electron chi connectivity index (χ3n) is 3.97. The van der Waals surface area contributed by atoms with Crippen molar-refractivity contribution in [2.24, 2.45) is 5.73 Å². The van der Waals surface area contributed by atoms with Gasteiger partial charge in [-0.25, -0.2) is 0 Å². The molecule has 2 rings (SSSR count). The van der Waals surface area contributed by atoms with Crippen molar-refractivity contribution in [3.63, 3.8) is 0 Å². The molecule has 1 saturated heterocycles. The molecule has 0 spiro atoms. The monoisotopic (exact) mass is 290 g/mol. The molecule has 2 unspecified atom stereocenters. The summed E-state index contributed by atoms with van der Waals surface area (Å²) in [7, 11) is 1.68. The fourth-order valence-electron chi connectivity index (χ4n) is 3.14. The Labute approximate surface area is 127 Å². The maximum absolute atomic E-state index is 12.4. The number of nitrogens with two attached hydrogens (primary N) is 1. The second kappa shape index (κ2) is 6.16. The predicted molar refractivity (Wildman–Crippen MR) is 83.7 cm³/mol. The van der Waals surface area contributed by atoms with Crippen LogP contribution in [0.5, 0.6) is 0 Å². The zero-order valence-electron chi connectivity index (χ0n) is 13.4. The van der Waals surface area contributed by atoms with Gasteiger partial charge in [0.1, 0.15) is 0 Å². The maximum Gasteiger partial charge on any atom is 0.223 e. The lowest BCUT2D eigenvalue weighted by atomic mass is 9.86. The third-order valence-corrected chi connectivity index (χ3v) is 3.97. The van der Waals surface area contributed by atoms with Gasteiger partial charge in [-0.15, -0.1) is 0 Å². The summed E-state index contributed by atoms with van der Waals surface area (Å²) in [5.74, 6) is 0.186. The molecule has 1 aliphatic heterocycles. The van der Waals surface area contributed by atoms with Gasteiger partial charge >= 0.3 is 0 Å². The predicted octanol–water partition coefficient (Wildman–Crippen LogP) is 2.62. The number of hydrogen-bond donors (Lipinski definition) is 1. The summed E-state index contributed by atoms with van der Waals surface area (Å²) < 4.78 is 5.20. The van der Waals surface area contributed by atoms with Crippen molar-refractivity contribution in [2.45, 2.75) is 57.8 Å². The molecule has 4 nitrogen and oxygen atoms in total. The van der Waals surface area contributed by atoms with Crippen molar-refractivity contribution >= 4 is 5.91 Å². The largest absolute Gasteiger partial charge is 0.380 e. The van der Waals surface area contributed by atoms with Gasteiger partial charge in [0, 0.05) is 25.1 Å². The van der Waals surface area contributed by atoms with E-state index in [1.807, 2.05) is 17.0 Å². The first-order valence-corrected chi connectivity index (χ1v) is 7.50. The molecule has 2 atom stereocenters. The van der Waals surface area contributed by atoms with Crippen LogP contribution in [0.15, 0.2) is 24.3 Å². The molecule has 0 bridgehead atoms. The summed E-state index contributed by atoms with van der Waals surface area (Å²) in [4.78, 5) is 14.4. The summed E-state index contributed by atoms with van der Waals surface area (Å²) in [6.45, 7) is 6.76. The molecule has 1 aliphatic rings. The Bertz CT molecular complexity index is 508.